The molecule has 2 aromatic carbocycles. The summed E-state index contributed by atoms with van der Waals surface area (Å²) in [5.74, 6) is 1.58. The molecule has 0 unspecified atom stereocenters. The maximum absolute atomic E-state index is 10.9. The molecular formula is C19H21NO4. The third-order valence-electron chi connectivity index (χ3n) is 3.28. The van der Waals surface area contributed by atoms with Crippen molar-refractivity contribution >= 4 is 12.0 Å². The van der Waals surface area contributed by atoms with E-state index in [2.05, 4.69) is 0 Å². The highest BCUT2D eigenvalue weighted by Crippen LogP contribution is 2.29. The van der Waals surface area contributed by atoms with Crippen molar-refractivity contribution in [3.63, 3.8) is 0 Å². The van der Waals surface area contributed by atoms with E-state index in [1.807, 2.05) is 49.4 Å². The first-order chi connectivity index (χ1) is 11.6. The molecule has 126 valence electrons. The summed E-state index contributed by atoms with van der Waals surface area (Å²) in [6.45, 7) is 2.80. The lowest BCUT2D eigenvalue weighted by atomic mass is 10.1. The molecule has 24 heavy (non-hydrogen) atoms. The molecule has 0 atom stereocenters. The summed E-state index contributed by atoms with van der Waals surface area (Å²) < 4.78 is 16.8. The molecule has 0 aliphatic rings. The van der Waals surface area contributed by atoms with Gasteiger partial charge >= 0.3 is 0 Å². The van der Waals surface area contributed by atoms with Crippen LogP contribution in [0.5, 0.6) is 17.2 Å². The fourth-order valence-electron chi connectivity index (χ4n) is 2.19. The topological polar surface area (TPSA) is 70.8 Å². The van der Waals surface area contributed by atoms with Crippen molar-refractivity contribution in [1.29, 1.82) is 0 Å². The van der Waals surface area contributed by atoms with Crippen molar-refractivity contribution < 1.29 is 19.0 Å². The normalized spacial score (nSPS) is 10.6. The fraction of sp³-hybridized carbons (Fsp3) is 0.211. The summed E-state index contributed by atoms with van der Waals surface area (Å²) in [4.78, 5) is 10.9. The molecule has 0 heterocycles. The number of para-hydroxylation sites is 2. The molecule has 0 saturated heterocycles. The van der Waals surface area contributed by atoms with E-state index in [0.29, 0.717) is 30.5 Å². The minimum atomic E-state index is -0.491. The molecule has 0 aliphatic carbocycles. The molecular weight excluding hydrogens is 306 g/mol. The lowest BCUT2D eigenvalue weighted by Crippen LogP contribution is -2.05. The van der Waals surface area contributed by atoms with Crippen molar-refractivity contribution in [2.45, 2.75) is 13.5 Å². The number of methoxy groups -OCH3 is 1. The number of carbonyl (C=O) groups excluding carboxylic acids is 1. The first-order valence-electron chi connectivity index (χ1n) is 7.63. The van der Waals surface area contributed by atoms with Crippen LogP contribution >= 0.6 is 0 Å². The summed E-state index contributed by atoms with van der Waals surface area (Å²) in [5, 5.41) is 0. The molecule has 0 fully saturated rings. The van der Waals surface area contributed by atoms with Gasteiger partial charge in [-0.2, -0.15) is 0 Å². The first-order valence-corrected chi connectivity index (χ1v) is 7.63. The molecule has 2 aromatic rings. The second-order valence-corrected chi connectivity index (χ2v) is 4.98. The Morgan fingerprint density at radius 3 is 2.42 bits per heavy atom. The number of primary amides is 1. The second-order valence-electron chi connectivity index (χ2n) is 4.98. The van der Waals surface area contributed by atoms with Crippen LogP contribution in [0.25, 0.3) is 6.08 Å². The molecule has 1 amide bonds. The molecule has 5 nitrogen and oxygen atoms in total. The van der Waals surface area contributed by atoms with E-state index in [1.54, 1.807) is 13.2 Å². The molecule has 0 aromatic heterocycles. The minimum absolute atomic E-state index is 0.311. The average Bonchev–Trinajstić information content (AvgIpc) is 2.59. The van der Waals surface area contributed by atoms with Gasteiger partial charge in [0.15, 0.2) is 11.5 Å². The van der Waals surface area contributed by atoms with Gasteiger partial charge in [-0.1, -0.05) is 18.2 Å². The van der Waals surface area contributed by atoms with Crippen LogP contribution in [0, 0.1) is 0 Å². The Hall–Kier alpha value is -2.95. The van der Waals surface area contributed by atoms with E-state index < -0.39 is 5.91 Å². The highest BCUT2D eigenvalue weighted by molar-refractivity contribution is 5.90. The summed E-state index contributed by atoms with van der Waals surface area (Å²) in [7, 11) is 1.60. The van der Waals surface area contributed by atoms with Gasteiger partial charge in [-0.25, -0.2) is 0 Å². The van der Waals surface area contributed by atoms with Crippen LogP contribution in [-0.4, -0.2) is 19.6 Å². The summed E-state index contributed by atoms with van der Waals surface area (Å²) in [6, 6.07) is 13.1. The van der Waals surface area contributed by atoms with Crippen LogP contribution in [0.3, 0.4) is 0 Å². The van der Waals surface area contributed by atoms with Crippen LogP contribution in [0.4, 0.5) is 0 Å². The largest absolute Gasteiger partial charge is 0.496 e. The average molecular weight is 327 g/mol. The first kappa shape index (κ1) is 17.4. The van der Waals surface area contributed by atoms with Gasteiger partial charge in [-0.05, 0) is 42.8 Å². The van der Waals surface area contributed by atoms with Gasteiger partial charge in [0.25, 0.3) is 0 Å². The Kier molecular flexibility index (Phi) is 6.25. The van der Waals surface area contributed by atoms with Gasteiger partial charge in [0.1, 0.15) is 12.4 Å². The van der Waals surface area contributed by atoms with E-state index in [0.717, 1.165) is 11.1 Å². The Balaban J connectivity index is 2.19. The van der Waals surface area contributed by atoms with Crippen molar-refractivity contribution in [3.8, 4) is 17.2 Å². The van der Waals surface area contributed by atoms with Gasteiger partial charge in [-0.3, -0.25) is 4.79 Å². The maximum Gasteiger partial charge on any atom is 0.241 e. The van der Waals surface area contributed by atoms with Crippen molar-refractivity contribution in [1.82, 2.24) is 0 Å². The number of hydrogen-bond acceptors (Lipinski definition) is 4. The summed E-state index contributed by atoms with van der Waals surface area (Å²) in [6.07, 6.45) is 2.97. The van der Waals surface area contributed by atoms with Crippen molar-refractivity contribution in [2.75, 3.05) is 13.7 Å². The van der Waals surface area contributed by atoms with Gasteiger partial charge in [0.2, 0.25) is 5.91 Å². The van der Waals surface area contributed by atoms with Gasteiger partial charge < -0.3 is 19.9 Å². The Labute approximate surface area is 141 Å². The van der Waals surface area contributed by atoms with E-state index in [9.17, 15) is 4.79 Å². The fourth-order valence-corrected chi connectivity index (χ4v) is 2.19. The standard InChI is InChI=1S/C19H21NO4/c1-3-23-17-6-4-5-7-18(17)24-13-15-12-14(9-11-19(20)21)8-10-16(15)22-2/h4-12H,3,13H2,1-2H3,(H2,20,21)/b11-9-. The number of hydrogen-bond donors (Lipinski definition) is 1. The number of rotatable bonds is 8. The van der Waals surface area contributed by atoms with Crippen molar-refractivity contribution in [2.24, 2.45) is 5.73 Å². The van der Waals surface area contributed by atoms with E-state index in [1.165, 1.54) is 6.08 Å². The predicted octanol–water partition coefficient (Wildman–Crippen LogP) is 3.17. The maximum atomic E-state index is 10.9. The molecule has 0 saturated carbocycles. The van der Waals surface area contributed by atoms with E-state index in [-0.39, 0.29) is 0 Å². The third-order valence-corrected chi connectivity index (χ3v) is 3.28. The molecule has 5 heteroatoms. The monoisotopic (exact) mass is 327 g/mol. The van der Waals surface area contributed by atoms with Gasteiger partial charge in [-0.15, -0.1) is 0 Å². The molecule has 0 bridgehead atoms. The lowest BCUT2D eigenvalue weighted by Gasteiger charge is -2.14. The second kappa shape index (κ2) is 8.62. The van der Waals surface area contributed by atoms with Crippen LogP contribution in [-0.2, 0) is 11.4 Å². The minimum Gasteiger partial charge on any atom is -0.496 e. The zero-order valence-electron chi connectivity index (χ0n) is 13.8. The molecule has 2 rings (SSSR count). The Morgan fingerprint density at radius 1 is 1.08 bits per heavy atom. The van der Waals surface area contributed by atoms with Crippen LogP contribution in [0.15, 0.2) is 48.5 Å². The van der Waals surface area contributed by atoms with E-state index >= 15 is 0 Å². The highest BCUT2D eigenvalue weighted by Gasteiger charge is 2.08. The Morgan fingerprint density at radius 2 is 1.79 bits per heavy atom. The molecule has 2 N–H and O–H groups in total. The van der Waals surface area contributed by atoms with Gasteiger partial charge in [0.05, 0.1) is 13.7 Å². The van der Waals surface area contributed by atoms with Crippen LogP contribution in [0.1, 0.15) is 18.1 Å². The zero-order chi connectivity index (χ0) is 17.4. The number of nitrogens with two attached hydrogens (primary N) is 1. The smallest absolute Gasteiger partial charge is 0.241 e. The number of amides is 1. The zero-order valence-corrected chi connectivity index (χ0v) is 13.8. The molecule has 0 spiro atoms. The van der Waals surface area contributed by atoms with Gasteiger partial charge in [0, 0.05) is 11.6 Å². The van der Waals surface area contributed by atoms with Crippen LogP contribution in [0.2, 0.25) is 0 Å². The Bertz CT molecular complexity index is 725. The molecule has 0 radical (unpaired) electrons. The quantitative estimate of drug-likeness (QED) is 0.756. The predicted molar refractivity (Wildman–Crippen MR) is 93.2 cm³/mol. The van der Waals surface area contributed by atoms with E-state index in [4.69, 9.17) is 19.9 Å². The van der Waals surface area contributed by atoms with Crippen molar-refractivity contribution in [3.05, 3.63) is 59.7 Å². The highest BCUT2D eigenvalue weighted by atomic mass is 16.5. The third kappa shape index (κ3) is 4.78. The molecule has 0 aliphatic heterocycles. The number of ether oxygens (including phenoxy) is 3. The SMILES string of the molecule is CCOc1ccccc1OCc1cc(/C=C\C(N)=O)ccc1OC. The lowest BCUT2D eigenvalue weighted by molar-refractivity contribution is -0.113. The summed E-state index contributed by atoms with van der Waals surface area (Å²) >= 11 is 0. The van der Waals surface area contributed by atoms with Crippen LogP contribution < -0.4 is 19.9 Å². The summed E-state index contributed by atoms with van der Waals surface area (Å²) in [5.41, 5.74) is 6.82. The number of carbonyl (C=O) groups is 1. The number of benzene rings is 2.